The summed E-state index contributed by atoms with van der Waals surface area (Å²) in [5, 5.41) is 11.5. The highest BCUT2D eigenvalue weighted by atomic mass is 19.1. The number of hydrogen-bond acceptors (Lipinski definition) is 4. The monoisotopic (exact) mass is 337 g/mol. The van der Waals surface area contributed by atoms with E-state index in [0.29, 0.717) is 17.4 Å². The largest absolute Gasteiger partial charge is 0.367 e. The van der Waals surface area contributed by atoms with Gasteiger partial charge in [0.2, 0.25) is 0 Å². The number of halogens is 1. The van der Waals surface area contributed by atoms with Crippen molar-refractivity contribution in [3.8, 4) is 0 Å². The topological polar surface area (TPSA) is 59.3 Å². The fourth-order valence-corrected chi connectivity index (χ4v) is 3.47. The maximum atomic E-state index is 14.0. The van der Waals surface area contributed by atoms with Crippen molar-refractivity contribution in [3.63, 3.8) is 0 Å². The molecule has 0 bridgehead atoms. The molecule has 0 spiro atoms. The molecule has 5 nitrogen and oxygen atoms in total. The van der Waals surface area contributed by atoms with Crippen molar-refractivity contribution in [2.45, 2.75) is 19.4 Å². The van der Waals surface area contributed by atoms with Crippen molar-refractivity contribution >= 4 is 22.3 Å². The third kappa shape index (κ3) is 2.80. The lowest BCUT2D eigenvalue weighted by Gasteiger charge is -2.31. The Morgan fingerprint density at radius 3 is 2.96 bits per heavy atom. The maximum Gasteiger partial charge on any atom is 0.269 e. The first kappa shape index (κ1) is 15.5. The Bertz CT molecular complexity index is 974. The number of rotatable bonds is 3. The average Bonchev–Trinajstić information content (AvgIpc) is 2.64. The first-order valence-corrected chi connectivity index (χ1v) is 8.18. The Kier molecular flexibility index (Phi) is 3.80. The van der Waals surface area contributed by atoms with Crippen LogP contribution in [0.15, 0.2) is 48.7 Å². The lowest BCUT2D eigenvalue weighted by molar-refractivity contribution is -0.384. The van der Waals surface area contributed by atoms with Gasteiger partial charge in [-0.2, -0.15) is 0 Å². The minimum Gasteiger partial charge on any atom is -0.367 e. The molecule has 0 aliphatic carbocycles. The van der Waals surface area contributed by atoms with E-state index in [1.54, 1.807) is 30.5 Å². The number of aryl methyl sites for hydroxylation is 1. The summed E-state index contributed by atoms with van der Waals surface area (Å²) in [6, 6.07) is 11.7. The molecule has 0 atom stereocenters. The van der Waals surface area contributed by atoms with Gasteiger partial charge in [-0.3, -0.25) is 15.1 Å². The Morgan fingerprint density at radius 1 is 1.24 bits per heavy atom. The second kappa shape index (κ2) is 6.12. The summed E-state index contributed by atoms with van der Waals surface area (Å²) in [4.78, 5) is 17.2. The number of pyridine rings is 1. The minimum atomic E-state index is -0.364. The molecule has 0 amide bonds. The minimum absolute atomic E-state index is 0.120. The van der Waals surface area contributed by atoms with Crippen molar-refractivity contribution in [3.05, 3.63) is 75.7 Å². The van der Waals surface area contributed by atoms with E-state index in [-0.39, 0.29) is 16.4 Å². The van der Waals surface area contributed by atoms with Crippen LogP contribution in [0.3, 0.4) is 0 Å². The van der Waals surface area contributed by atoms with Gasteiger partial charge in [-0.25, -0.2) is 4.39 Å². The zero-order valence-electron chi connectivity index (χ0n) is 13.5. The fourth-order valence-electron chi connectivity index (χ4n) is 3.47. The van der Waals surface area contributed by atoms with Gasteiger partial charge < -0.3 is 4.90 Å². The van der Waals surface area contributed by atoms with Gasteiger partial charge in [0, 0.05) is 42.5 Å². The van der Waals surface area contributed by atoms with Crippen LogP contribution in [0, 0.1) is 15.9 Å². The van der Waals surface area contributed by atoms with E-state index >= 15 is 0 Å². The number of benzene rings is 2. The first-order chi connectivity index (χ1) is 12.1. The average molecular weight is 337 g/mol. The molecular weight excluding hydrogens is 321 g/mol. The lowest BCUT2D eigenvalue weighted by atomic mass is 10.00. The molecule has 0 saturated carbocycles. The third-order valence-electron chi connectivity index (χ3n) is 4.65. The van der Waals surface area contributed by atoms with E-state index in [0.717, 1.165) is 36.2 Å². The van der Waals surface area contributed by atoms with Crippen LogP contribution in [0.25, 0.3) is 10.9 Å². The SMILES string of the molecule is O=[N+]([O-])c1ccc2c(c1)CCCN2Cc1ccc(F)c2cccnc12. The van der Waals surface area contributed by atoms with Crippen LogP contribution >= 0.6 is 0 Å². The van der Waals surface area contributed by atoms with E-state index in [9.17, 15) is 14.5 Å². The van der Waals surface area contributed by atoms with E-state index in [1.165, 1.54) is 12.1 Å². The second-order valence-corrected chi connectivity index (χ2v) is 6.20. The Hall–Kier alpha value is -3.02. The lowest BCUT2D eigenvalue weighted by Crippen LogP contribution is -2.29. The van der Waals surface area contributed by atoms with Gasteiger partial charge >= 0.3 is 0 Å². The summed E-state index contributed by atoms with van der Waals surface area (Å²) in [6.07, 6.45) is 3.43. The number of nitrogens with zero attached hydrogens (tertiary/aromatic N) is 3. The van der Waals surface area contributed by atoms with Crippen LogP contribution in [0.5, 0.6) is 0 Å². The fraction of sp³-hybridized carbons (Fsp3) is 0.211. The van der Waals surface area contributed by atoms with Crippen LogP contribution in [-0.4, -0.2) is 16.5 Å². The molecule has 1 aliphatic heterocycles. The zero-order valence-corrected chi connectivity index (χ0v) is 13.5. The van der Waals surface area contributed by atoms with Gasteiger partial charge in [-0.1, -0.05) is 6.07 Å². The van der Waals surface area contributed by atoms with Crippen molar-refractivity contribution in [2.24, 2.45) is 0 Å². The van der Waals surface area contributed by atoms with E-state index in [1.807, 2.05) is 6.07 Å². The molecule has 3 aromatic rings. The first-order valence-electron chi connectivity index (χ1n) is 8.18. The molecule has 1 aromatic heterocycles. The Morgan fingerprint density at radius 2 is 2.12 bits per heavy atom. The third-order valence-corrected chi connectivity index (χ3v) is 4.65. The van der Waals surface area contributed by atoms with Gasteiger partial charge in [0.1, 0.15) is 5.82 Å². The van der Waals surface area contributed by atoms with Gasteiger partial charge in [0.25, 0.3) is 5.69 Å². The van der Waals surface area contributed by atoms with E-state index < -0.39 is 0 Å². The van der Waals surface area contributed by atoms with Crippen LogP contribution in [0.4, 0.5) is 15.8 Å². The molecule has 0 N–H and O–H groups in total. The summed E-state index contributed by atoms with van der Waals surface area (Å²) in [7, 11) is 0. The number of hydrogen-bond donors (Lipinski definition) is 0. The smallest absolute Gasteiger partial charge is 0.269 e. The summed E-state index contributed by atoms with van der Waals surface area (Å²) in [5.41, 5.74) is 3.72. The summed E-state index contributed by atoms with van der Waals surface area (Å²) < 4.78 is 14.0. The van der Waals surface area contributed by atoms with Crippen LogP contribution in [0.1, 0.15) is 17.5 Å². The highest BCUT2D eigenvalue weighted by Gasteiger charge is 2.21. The molecule has 1 aliphatic rings. The van der Waals surface area contributed by atoms with Crippen LogP contribution < -0.4 is 4.90 Å². The zero-order chi connectivity index (χ0) is 17.4. The van der Waals surface area contributed by atoms with Crippen molar-refractivity contribution < 1.29 is 9.31 Å². The molecule has 0 radical (unpaired) electrons. The maximum absolute atomic E-state index is 14.0. The number of non-ortho nitro benzene ring substituents is 1. The van der Waals surface area contributed by atoms with Gasteiger partial charge in [-0.15, -0.1) is 0 Å². The molecule has 6 heteroatoms. The molecule has 2 aromatic carbocycles. The molecule has 2 heterocycles. The number of aromatic nitrogens is 1. The van der Waals surface area contributed by atoms with Crippen LogP contribution in [0.2, 0.25) is 0 Å². The van der Waals surface area contributed by atoms with Crippen molar-refractivity contribution in [2.75, 3.05) is 11.4 Å². The number of fused-ring (bicyclic) bond motifs is 2. The summed E-state index contributed by atoms with van der Waals surface area (Å²) in [5.74, 6) is -0.276. The summed E-state index contributed by atoms with van der Waals surface area (Å²) >= 11 is 0. The van der Waals surface area contributed by atoms with Crippen molar-refractivity contribution in [1.29, 1.82) is 0 Å². The molecule has 126 valence electrons. The highest BCUT2D eigenvalue weighted by molar-refractivity contribution is 5.82. The molecule has 0 unspecified atom stereocenters. The second-order valence-electron chi connectivity index (χ2n) is 6.20. The van der Waals surface area contributed by atoms with E-state index in [2.05, 4.69) is 9.88 Å². The predicted molar refractivity (Wildman–Crippen MR) is 94.2 cm³/mol. The molecular formula is C19H16FN3O2. The van der Waals surface area contributed by atoms with Gasteiger partial charge in [0.05, 0.1) is 10.4 Å². The normalized spacial score (nSPS) is 13.7. The van der Waals surface area contributed by atoms with Crippen molar-refractivity contribution in [1.82, 2.24) is 4.98 Å². The predicted octanol–water partition coefficient (Wildman–Crippen LogP) is 4.23. The Labute approximate surface area is 143 Å². The van der Waals surface area contributed by atoms with E-state index in [4.69, 9.17) is 0 Å². The quantitative estimate of drug-likeness (QED) is 0.530. The molecule has 0 saturated heterocycles. The highest BCUT2D eigenvalue weighted by Crippen LogP contribution is 2.32. The number of nitro benzene ring substituents is 1. The molecule has 0 fully saturated rings. The number of nitro groups is 1. The standard InChI is InChI=1S/C19H16FN3O2/c20-17-7-5-14(19-16(17)4-1-9-21-19)12-22-10-2-3-13-11-15(23(24)25)6-8-18(13)22/h1,4-9,11H,2-3,10,12H2. The van der Waals surface area contributed by atoms with Gasteiger partial charge in [0.15, 0.2) is 0 Å². The molecule has 4 rings (SSSR count). The van der Waals surface area contributed by atoms with Gasteiger partial charge in [-0.05, 0) is 48.2 Å². The van der Waals surface area contributed by atoms with Crippen LogP contribution in [-0.2, 0) is 13.0 Å². The summed E-state index contributed by atoms with van der Waals surface area (Å²) in [6.45, 7) is 1.45. The molecule has 25 heavy (non-hydrogen) atoms. The number of anilines is 1. The Balaban J connectivity index is 1.72.